The van der Waals surface area contributed by atoms with E-state index in [9.17, 15) is 18.4 Å². The number of carbonyl (C=O) groups excluding carboxylic acids is 2. The van der Waals surface area contributed by atoms with Gasteiger partial charge in [0.1, 0.15) is 23.4 Å². The van der Waals surface area contributed by atoms with Crippen LogP contribution in [0.1, 0.15) is 6.42 Å². The highest BCUT2D eigenvalue weighted by molar-refractivity contribution is 6.01. The van der Waals surface area contributed by atoms with Crippen LogP contribution < -0.4 is 16.0 Å². The Morgan fingerprint density at radius 1 is 1.42 bits per heavy atom. The Morgan fingerprint density at radius 3 is 2.63 bits per heavy atom. The van der Waals surface area contributed by atoms with E-state index in [2.05, 4.69) is 5.32 Å². The van der Waals surface area contributed by atoms with Crippen LogP contribution in [0.25, 0.3) is 0 Å². The summed E-state index contributed by atoms with van der Waals surface area (Å²) < 4.78 is 27.2. The summed E-state index contributed by atoms with van der Waals surface area (Å²) in [6.45, 7) is -0.0932. The minimum atomic E-state index is -0.806. The first-order chi connectivity index (χ1) is 9.04. The summed E-state index contributed by atoms with van der Waals surface area (Å²) in [5.41, 5.74) is 4.75. The zero-order valence-electron chi connectivity index (χ0n) is 10.0. The lowest BCUT2D eigenvalue weighted by molar-refractivity contribution is -0.125. The zero-order valence-corrected chi connectivity index (χ0v) is 10.0. The summed E-state index contributed by atoms with van der Waals surface area (Å²) in [7, 11) is 0. The van der Waals surface area contributed by atoms with Crippen LogP contribution in [0.15, 0.2) is 18.2 Å². The van der Waals surface area contributed by atoms with E-state index < -0.39 is 29.5 Å². The second kappa shape index (κ2) is 5.31. The van der Waals surface area contributed by atoms with Crippen molar-refractivity contribution in [1.29, 1.82) is 0 Å². The molecule has 1 aliphatic heterocycles. The number of nitrogens with zero attached hydrogens (tertiary/aromatic N) is 1. The molecule has 0 bridgehead atoms. The summed E-state index contributed by atoms with van der Waals surface area (Å²) in [5.74, 6) is -2.63. The smallest absolute Gasteiger partial charge is 0.249 e. The Morgan fingerprint density at radius 2 is 2.05 bits per heavy atom. The summed E-state index contributed by atoms with van der Waals surface area (Å²) in [5, 5.41) is 2.42. The van der Waals surface area contributed by atoms with Crippen molar-refractivity contribution in [3.63, 3.8) is 0 Å². The Kier molecular flexibility index (Phi) is 3.75. The molecule has 1 aromatic rings. The summed E-state index contributed by atoms with van der Waals surface area (Å²) in [6, 6.07) is 2.60. The number of hydrogen-bond acceptors (Lipinski definition) is 3. The van der Waals surface area contributed by atoms with Crippen molar-refractivity contribution in [2.24, 2.45) is 5.73 Å². The first-order valence-electron chi connectivity index (χ1n) is 5.79. The van der Waals surface area contributed by atoms with E-state index in [1.54, 1.807) is 0 Å². The monoisotopic (exact) mass is 269 g/mol. The Balaban J connectivity index is 2.20. The van der Waals surface area contributed by atoms with Gasteiger partial charge >= 0.3 is 0 Å². The molecule has 0 radical (unpaired) electrons. The number of nitrogens with two attached hydrogens (primary N) is 1. The number of para-hydroxylation sites is 1. The number of anilines is 1. The fourth-order valence-corrected chi connectivity index (χ4v) is 2.04. The third-order valence-electron chi connectivity index (χ3n) is 2.93. The number of carbonyl (C=O) groups is 2. The molecule has 1 atom stereocenters. The third-order valence-corrected chi connectivity index (χ3v) is 2.93. The lowest BCUT2D eigenvalue weighted by Gasteiger charge is -2.18. The molecule has 1 saturated heterocycles. The van der Waals surface area contributed by atoms with Gasteiger partial charge in [-0.25, -0.2) is 8.78 Å². The molecule has 0 aliphatic carbocycles. The highest BCUT2D eigenvalue weighted by Gasteiger charge is 2.35. The zero-order chi connectivity index (χ0) is 14.0. The molecule has 7 heteroatoms. The van der Waals surface area contributed by atoms with Crippen LogP contribution in [0, 0.1) is 11.6 Å². The molecule has 1 heterocycles. The first kappa shape index (κ1) is 13.4. The second-order valence-corrected chi connectivity index (χ2v) is 4.17. The Bertz CT molecular complexity index is 501. The maximum atomic E-state index is 13.6. The van der Waals surface area contributed by atoms with E-state index in [1.165, 1.54) is 6.07 Å². The van der Waals surface area contributed by atoms with E-state index in [0.29, 0.717) is 6.42 Å². The van der Waals surface area contributed by atoms with Gasteiger partial charge in [-0.2, -0.15) is 0 Å². The third kappa shape index (κ3) is 2.55. The lowest BCUT2D eigenvalue weighted by Crippen LogP contribution is -2.44. The number of halogens is 2. The second-order valence-electron chi connectivity index (χ2n) is 4.17. The number of hydrogen-bond donors (Lipinski definition) is 2. The van der Waals surface area contributed by atoms with Crippen molar-refractivity contribution in [3.05, 3.63) is 29.8 Å². The van der Waals surface area contributed by atoms with Gasteiger partial charge in [0, 0.05) is 6.54 Å². The van der Waals surface area contributed by atoms with E-state index in [0.717, 1.165) is 17.0 Å². The van der Waals surface area contributed by atoms with Crippen LogP contribution in [0.2, 0.25) is 0 Å². The normalized spacial score (nSPS) is 18.8. The molecule has 102 valence electrons. The average Bonchev–Trinajstić information content (AvgIpc) is 2.71. The molecule has 1 aromatic carbocycles. The van der Waals surface area contributed by atoms with Gasteiger partial charge in [-0.1, -0.05) is 6.07 Å². The standard InChI is InChI=1S/C12H13F2N3O2/c13-7-2-1-3-8(14)11(7)17-5-4-9(12(17)19)16-10(18)6-15/h1-3,9H,4-6,15H2,(H,16,18). The Labute approximate surface area is 108 Å². The molecule has 3 N–H and O–H groups in total. The van der Waals surface area contributed by atoms with Crippen LogP contribution in [-0.2, 0) is 9.59 Å². The molecule has 1 aliphatic rings. The maximum Gasteiger partial charge on any atom is 0.249 e. The number of amides is 2. The number of nitrogens with one attached hydrogen (secondary N) is 1. The number of rotatable bonds is 3. The fraction of sp³-hybridized carbons (Fsp3) is 0.333. The predicted molar refractivity (Wildman–Crippen MR) is 64.3 cm³/mol. The SMILES string of the molecule is NCC(=O)NC1CCN(c2c(F)cccc2F)C1=O. The van der Waals surface area contributed by atoms with Crippen molar-refractivity contribution < 1.29 is 18.4 Å². The highest BCUT2D eigenvalue weighted by atomic mass is 19.1. The van der Waals surface area contributed by atoms with E-state index in [4.69, 9.17) is 5.73 Å². The predicted octanol–water partition coefficient (Wildman–Crippen LogP) is 0.145. The van der Waals surface area contributed by atoms with Gasteiger partial charge in [0.2, 0.25) is 11.8 Å². The molecule has 0 spiro atoms. The van der Waals surface area contributed by atoms with E-state index in [-0.39, 0.29) is 18.8 Å². The molecular weight excluding hydrogens is 256 g/mol. The van der Waals surface area contributed by atoms with Crippen LogP contribution in [0.4, 0.5) is 14.5 Å². The molecule has 2 rings (SSSR count). The van der Waals surface area contributed by atoms with Gasteiger partial charge < -0.3 is 16.0 Å². The van der Waals surface area contributed by atoms with Crippen molar-refractivity contribution in [2.75, 3.05) is 18.0 Å². The number of benzene rings is 1. The van der Waals surface area contributed by atoms with Crippen molar-refractivity contribution >= 4 is 17.5 Å². The van der Waals surface area contributed by atoms with E-state index >= 15 is 0 Å². The average molecular weight is 269 g/mol. The summed E-state index contributed by atoms with van der Waals surface area (Å²) >= 11 is 0. The van der Waals surface area contributed by atoms with Gasteiger partial charge in [0.15, 0.2) is 0 Å². The van der Waals surface area contributed by atoms with Crippen LogP contribution in [0.3, 0.4) is 0 Å². The Hall–Kier alpha value is -2.02. The minimum absolute atomic E-state index is 0.145. The van der Waals surface area contributed by atoms with Gasteiger partial charge in [0.05, 0.1) is 6.54 Å². The van der Waals surface area contributed by atoms with Crippen LogP contribution in [0.5, 0.6) is 0 Å². The largest absolute Gasteiger partial charge is 0.343 e. The highest BCUT2D eigenvalue weighted by Crippen LogP contribution is 2.27. The van der Waals surface area contributed by atoms with Gasteiger partial charge in [0.25, 0.3) is 0 Å². The van der Waals surface area contributed by atoms with Crippen molar-refractivity contribution in [3.8, 4) is 0 Å². The molecule has 0 aromatic heterocycles. The van der Waals surface area contributed by atoms with Crippen molar-refractivity contribution in [2.45, 2.75) is 12.5 Å². The molecule has 5 nitrogen and oxygen atoms in total. The van der Waals surface area contributed by atoms with Crippen molar-refractivity contribution in [1.82, 2.24) is 5.32 Å². The first-order valence-corrected chi connectivity index (χ1v) is 5.79. The molecule has 1 fully saturated rings. The minimum Gasteiger partial charge on any atom is -0.343 e. The van der Waals surface area contributed by atoms with Gasteiger partial charge in [-0.05, 0) is 18.6 Å². The summed E-state index contributed by atoms with van der Waals surface area (Å²) in [4.78, 5) is 24.1. The molecule has 19 heavy (non-hydrogen) atoms. The maximum absolute atomic E-state index is 13.6. The quantitative estimate of drug-likeness (QED) is 0.820. The van der Waals surface area contributed by atoms with Crippen LogP contribution >= 0.6 is 0 Å². The van der Waals surface area contributed by atoms with Gasteiger partial charge in [-0.3, -0.25) is 9.59 Å². The van der Waals surface area contributed by atoms with E-state index in [1.807, 2.05) is 0 Å². The molecule has 2 amide bonds. The topological polar surface area (TPSA) is 75.4 Å². The molecule has 0 saturated carbocycles. The lowest BCUT2D eigenvalue weighted by atomic mass is 10.2. The molecular formula is C12H13F2N3O2. The molecule has 1 unspecified atom stereocenters. The van der Waals surface area contributed by atoms with Gasteiger partial charge in [-0.15, -0.1) is 0 Å². The fourth-order valence-electron chi connectivity index (χ4n) is 2.04. The van der Waals surface area contributed by atoms with Crippen LogP contribution in [-0.4, -0.2) is 30.9 Å². The summed E-state index contributed by atoms with van der Waals surface area (Å²) in [6.07, 6.45) is 0.290.